The molecule has 1 aromatic rings. The number of carbonyl (C=O) groups excluding carboxylic acids is 6. The summed E-state index contributed by atoms with van der Waals surface area (Å²) in [6.07, 6.45) is 2.64. The Morgan fingerprint density at radius 1 is 0.681 bits per heavy atom. The maximum absolute atomic E-state index is 13.1. The van der Waals surface area contributed by atoms with Gasteiger partial charge in [0, 0.05) is 30.8 Å². The quantitative estimate of drug-likeness (QED) is 0.113. The number of hydrogen-bond acceptors (Lipinski definition) is 13. The topological polar surface area (TPSA) is 188 Å². The highest BCUT2D eigenvalue weighted by Crippen LogP contribution is 2.32. The van der Waals surface area contributed by atoms with E-state index in [0.29, 0.717) is 84.9 Å². The van der Waals surface area contributed by atoms with Gasteiger partial charge >= 0.3 is 0 Å². The van der Waals surface area contributed by atoms with Crippen molar-refractivity contribution in [2.75, 3.05) is 97.7 Å². The summed E-state index contributed by atoms with van der Waals surface area (Å²) < 4.78 is 32.7. The van der Waals surface area contributed by atoms with Crippen molar-refractivity contribution in [2.24, 2.45) is 0 Å². The molecule has 1 aromatic carbocycles. The number of benzene rings is 1. The fourth-order valence-electron chi connectivity index (χ4n) is 4.93. The predicted molar refractivity (Wildman–Crippen MR) is 162 cm³/mol. The molecule has 2 N–H and O–H groups in total. The number of carbonyl (C=O) groups is 6. The number of ether oxygens (including phenoxy) is 6. The van der Waals surface area contributed by atoms with Crippen molar-refractivity contribution in [3.63, 3.8) is 0 Å². The van der Waals surface area contributed by atoms with Crippen LogP contribution in [0.25, 0.3) is 0 Å². The number of hydrogen-bond donors (Lipinski definition) is 2. The maximum atomic E-state index is 13.1. The van der Waals surface area contributed by atoms with Gasteiger partial charge in [0.1, 0.15) is 6.04 Å². The second-order valence-corrected chi connectivity index (χ2v) is 10.4. The largest absolute Gasteiger partial charge is 0.382 e. The van der Waals surface area contributed by atoms with Crippen molar-refractivity contribution in [2.45, 2.75) is 18.9 Å². The Hall–Kier alpha value is -4.06. The van der Waals surface area contributed by atoms with Crippen LogP contribution in [0.3, 0.4) is 0 Å². The van der Waals surface area contributed by atoms with Crippen LogP contribution in [0.2, 0.25) is 0 Å². The summed E-state index contributed by atoms with van der Waals surface area (Å²) in [6, 6.07) is 3.87. The highest BCUT2D eigenvalue weighted by molar-refractivity contribution is 6.25. The van der Waals surface area contributed by atoms with Crippen LogP contribution in [-0.2, 0) is 47.6 Å². The Bertz CT molecular complexity index is 1300. The van der Waals surface area contributed by atoms with Gasteiger partial charge in [-0.1, -0.05) is 6.07 Å². The van der Waals surface area contributed by atoms with E-state index in [1.54, 1.807) is 18.2 Å². The molecule has 1 fully saturated rings. The van der Waals surface area contributed by atoms with Gasteiger partial charge in [-0.05, 0) is 18.6 Å². The summed E-state index contributed by atoms with van der Waals surface area (Å²) in [5.41, 5.74) is 0.884. The minimum absolute atomic E-state index is 0.0611. The van der Waals surface area contributed by atoms with Gasteiger partial charge in [-0.3, -0.25) is 43.9 Å². The molecule has 3 heterocycles. The van der Waals surface area contributed by atoms with E-state index >= 15 is 0 Å². The number of rotatable bonds is 23. The molecule has 3 aliphatic heterocycles. The van der Waals surface area contributed by atoms with E-state index in [1.165, 1.54) is 12.2 Å². The third-order valence-corrected chi connectivity index (χ3v) is 7.25. The Labute approximate surface area is 271 Å². The molecule has 256 valence electrons. The molecule has 16 nitrogen and oxygen atoms in total. The molecular weight excluding hydrogens is 620 g/mol. The lowest BCUT2D eigenvalue weighted by atomic mass is 10.0. The number of nitrogens with one attached hydrogen (secondary N) is 2. The van der Waals surface area contributed by atoms with Gasteiger partial charge in [-0.15, -0.1) is 0 Å². The molecule has 0 saturated carbocycles. The zero-order valence-electron chi connectivity index (χ0n) is 26.1. The van der Waals surface area contributed by atoms with E-state index in [4.69, 9.17) is 28.4 Å². The highest BCUT2D eigenvalue weighted by atomic mass is 16.6. The maximum Gasteiger partial charge on any atom is 0.264 e. The van der Waals surface area contributed by atoms with Crippen molar-refractivity contribution in [1.29, 1.82) is 0 Å². The average Bonchev–Trinajstić information content (AvgIpc) is 3.51. The van der Waals surface area contributed by atoms with Gasteiger partial charge in [-0.2, -0.15) is 0 Å². The molecule has 0 radical (unpaired) electrons. The Balaban J connectivity index is 0.932. The Morgan fingerprint density at radius 2 is 1.21 bits per heavy atom. The number of piperidine rings is 1. The third kappa shape index (κ3) is 10.5. The van der Waals surface area contributed by atoms with Crippen molar-refractivity contribution >= 4 is 41.1 Å². The zero-order valence-corrected chi connectivity index (χ0v) is 26.1. The van der Waals surface area contributed by atoms with Gasteiger partial charge in [-0.25, -0.2) is 0 Å². The van der Waals surface area contributed by atoms with Crippen molar-refractivity contribution in [3.8, 4) is 0 Å². The fourth-order valence-corrected chi connectivity index (χ4v) is 4.93. The van der Waals surface area contributed by atoms with Crippen molar-refractivity contribution < 1.29 is 57.2 Å². The van der Waals surface area contributed by atoms with Gasteiger partial charge < -0.3 is 33.7 Å². The summed E-state index contributed by atoms with van der Waals surface area (Å²) in [7, 11) is 0. The number of anilines is 1. The normalized spacial score (nSPS) is 17.7. The van der Waals surface area contributed by atoms with Crippen LogP contribution < -0.4 is 10.6 Å². The van der Waals surface area contributed by atoms with E-state index < -0.39 is 29.7 Å². The van der Waals surface area contributed by atoms with Crippen LogP contribution in [-0.4, -0.2) is 144 Å². The molecular formula is C31H40N4O12. The molecule has 16 heteroatoms. The van der Waals surface area contributed by atoms with E-state index in [9.17, 15) is 28.8 Å². The second-order valence-electron chi connectivity index (χ2n) is 10.4. The summed E-state index contributed by atoms with van der Waals surface area (Å²) in [6.45, 7) is 5.11. The van der Waals surface area contributed by atoms with Gasteiger partial charge in [0.05, 0.1) is 97.0 Å². The molecule has 47 heavy (non-hydrogen) atoms. The van der Waals surface area contributed by atoms with Crippen LogP contribution in [0, 0.1) is 0 Å². The number of nitrogens with zero attached hydrogens (tertiary/aromatic N) is 2. The first-order chi connectivity index (χ1) is 22.9. The zero-order chi connectivity index (χ0) is 33.4. The summed E-state index contributed by atoms with van der Waals surface area (Å²) in [4.78, 5) is 74.7. The predicted octanol–water partition coefficient (Wildman–Crippen LogP) is -0.476. The minimum Gasteiger partial charge on any atom is -0.382 e. The lowest BCUT2D eigenvalue weighted by molar-refractivity contribution is -0.138. The summed E-state index contributed by atoms with van der Waals surface area (Å²) >= 11 is 0. The van der Waals surface area contributed by atoms with Crippen LogP contribution >= 0.6 is 0 Å². The molecule has 3 aliphatic rings. The van der Waals surface area contributed by atoms with Crippen molar-refractivity contribution in [1.82, 2.24) is 15.1 Å². The van der Waals surface area contributed by atoms with Crippen LogP contribution in [0.4, 0.5) is 5.69 Å². The van der Waals surface area contributed by atoms with E-state index in [0.717, 1.165) is 9.80 Å². The summed E-state index contributed by atoms with van der Waals surface area (Å²) in [5.74, 6) is -2.84. The summed E-state index contributed by atoms with van der Waals surface area (Å²) in [5, 5.41) is 5.31. The molecule has 1 saturated heterocycles. The van der Waals surface area contributed by atoms with Crippen LogP contribution in [0.5, 0.6) is 0 Å². The van der Waals surface area contributed by atoms with Gasteiger partial charge in [0.15, 0.2) is 0 Å². The molecule has 1 atom stereocenters. The minimum atomic E-state index is -1.01. The highest BCUT2D eigenvalue weighted by Gasteiger charge is 2.45. The number of amides is 6. The van der Waals surface area contributed by atoms with Crippen LogP contribution in [0.15, 0.2) is 30.4 Å². The van der Waals surface area contributed by atoms with E-state index in [2.05, 4.69) is 10.6 Å². The first kappa shape index (κ1) is 35.8. The van der Waals surface area contributed by atoms with Crippen molar-refractivity contribution in [3.05, 3.63) is 41.5 Å². The molecule has 0 spiro atoms. The van der Waals surface area contributed by atoms with Gasteiger partial charge in [0.2, 0.25) is 11.8 Å². The number of fused-ring (bicyclic) bond motifs is 1. The molecule has 0 aromatic heterocycles. The van der Waals surface area contributed by atoms with E-state index in [-0.39, 0.29) is 48.9 Å². The first-order valence-corrected chi connectivity index (χ1v) is 15.5. The smallest absolute Gasteiger partial charge is 0.264 e. The molecule has 1 unspecified atom stereocenters. The standard InChI is InChI=1S/C31H40N4O12/c36-25-5-4-24(29(39)33-25)35-30(40)22-2-1-3-23(28(22)31(35)41)32-8-10-42-12-14-44-16-18-46-20-21-47-19-17-45-15-13-43-11-9-34-26(37)6-7-27(34)38/h1-3,6-7,24,32H,4-5,8-21H2,(H,33,36,39). The lowest BCUT2D eigenvalue weighted by Crippen LogP contribution is -2.54. The van der Waals surface area contributed by atoms with E-state index in [1.807, 2.05) is 0 Å². The average molecular weight is 661 g/mol. The molecule has 6 amide bonds. The Kier molecular flexibility index (Phi) is 14.4. The first-order valence-electron chi connectivity index (χ1n) is 15.5. The molecule has 0 aliphatic carbocycles. The third-order valence-electron chi connectivity index (χ3n) is 7.25. The van der Waals surface area contributed by atoms with Gasteiger partial charge in [0.25, 0.3) is 23.6 Å². The molecule has 0 bridgehead atoms. The fraction of sp³-hybridized carbons (Fsp3) is 0.548. The lowest BCUT2D eigenvalue weighted by Gasteiger charge is -2.27. The SMILES string of the molecule is O=C1CCC(N2C(=O)c3cccc(NCCOCCOCCOCCOCCOCCOCCN4C(=O)C=CC4=O)c3C2=O)C(=O)N1. The molecule has 4 rings (SSSR count). The Morgan fingerprint density at radius 3 is 1.77 bits per heavy atom. The number of imide groups is 3. The second kappa shape index (κ2) is 18.9. The monoisotopic (exact) mass is 660 g/mol. The van der Waals surface area contributed by atoms with Crippen LogP contribution in [0.1, 0.15) is 33.6 Å².